The van der Waals surface area contributed by atoms with E-state index in [0.29, 0.717) is 16.9 Å². The van der Waals surface area contributed by atoms with Crippen LogP contribution in [0.3, 0.4) is 0 Å². The van der Waals surface area contributed by atoms with Crippen molar-refractivity contribution in [2.45, 2.75) is 19.8 Å². The van der Waals surface area contributed by atoms with Gasteiger partial charge in [0.2, 0.25) is 0 Å². The maximum atomic E-state index is 14.6. The summed E-state index contributed by atoms with van der Waals surface area (Å²) >= 11 is 5.19. The van der Waals surface area contributed by atoms with Gasteiger partial charge in [-0.25, -0.2) is 4.39 Å². The molecule has 0 aromatic heterocycles. The van der Waals surface area contributed by atoms with E-state index < -0.39 is 11.8 Å². The molecule has 2 amide bonds. The summed E-state index contributed by atoms with van der Waals surface area (Å²) in [7, 11) is 0. The third kappa shape index (κ3) is 3.78. The Labute approximate surface area is 173 Å². The van der Waals surface area contributed by atoms with Crippen molar-refractivity contribution in [2.75, 3.05) is 22.9 Å². The normalized spacial score (nSPS) is 18.6. The van der Waals surface area contributed by atoms with Gasteiger partial charge in [0, 0.05) is 13.1 Å². The fourth-order valence-corrected chi connectivity index (χ4v) is 3.86. The van der Waals surface area contributed by atoms with Gasteiger partial charge in [-0.2, -0.15) is 0 Å². The van der Waals surface area contributed by atoms with Crippen LogP contribution in [0.2, 0.25) is 0 Å². The van der Waals surface area contributed by atoms with Crippen molar-refractivity contribution >= 4 is 46.6 Å². The number of hydrogen-bond acceptors (Lipinski definition) is 4. The molecular weight excluding hydrogens is 389 g/mol. The number of nitrogens with zero attached hydrogens (tertiary/aromatic N) is 2. The number of thiocarbonyl (C=S) groups is 1. The first kappa shape index (κ1) is 19.3. The molecule has 2 aliphatic rings. The largest absolute Gasteiger partial charge is 0.369 e. The molecule has 0 aliphatic carbocycles. The summed E-state index contributed by atoms with van der Waals surface area (Å²) in [6.45, 7) is 3.61. The van der Waals surface area contributed by atoms with Crippen LogP contribution < -0.4 is 15.1 Å². The number of benzene rings is 2. The van der Waals surface area contributed by atoms with E-state index in [0.717, 1.165) is 31.5 Å². The van der Waals surface area contributed by atoms with Crippen LogP contribution in [0.15, 0.2) is 48.0 Å². The lowest BCUT2D eigenvalue weighted by Crippen LogP contribution is -2.54. The van der Waals surface area contributed by atoms with E-state index in [1.54, 1.807) is 24.3 Å². The van der Waals surface area contributed by atoms with Crippen LogP contribution in [0, 0.1) is 12.7 Å². The second-order valence-corrected chi connectivity index (χ2v) is 7.59. The van der Waals surface area contributed by atoms with Crippen molar-refractivity contribution in [1.29, 1.82) is 0 Å². The molecule has 0 saturated carbocycles. The molecule has 2 fully saturated rings. The van der Waals surface area contributed by atoms with Crippen LogP contribution in [0.4, 0.5) is 15.8 Å². The Kier molecular flexibility index (Phi) is 5.15. The summed E-state index contributed by atoms with van der Waals surface area (Å²) in [5.74, 6) is -1.49. The number of nitrogens with one attached hydrogen (secondary N) is 1. The predicted octanol–water partition coefficient (Wildman–Crippen LogP) is 3.57. The number of halogens is 1. The Hall–Kier alpha value is -3.06. The summed E-state index contributed by atoms with van der Waals surface area (Å²) in [4.78, 5) is 28.7. The van der Waals surface area contributed by atoms with Crippen molar-refractivity contribution in [1.82, 2.24) is 5.32 Å². The Balaban J connectivity index is 1.65. The molecule has 5 nitrogen and oxygen atoms in total. The highest BCUT2D eigenvalue weighted by atomic mass is 32.1. The zero-order chi connectivity index (χ0) is 20.5. The molecule has 4 rings (SSSR count). The van der Waals surface area contributed by atoms with Crippen LogP contribution >= 0.6 is 12.2 Å². The minimum Gasteiger partial charge on any atom is -0.369 e. The zero-order valence-corrected chi connectivity index (χ0v) is 16.8. The van der Waals surface area contributed by atoms with Gasteiger partial charge in [0.25, 0.3) is 11.8 Å². The van der Waals surface area contributed by atoms with E-state index in [2.05, 4.69) is 5.32 Å². The second kappa shape index (κ2) is 7.75. The minimum atomic E-state index is -0.590. The molecule has 2 aromatic rings. The number of hydrogen-bond donors (Lipinski definition) is 1. The fraction of sp³-hybridized carbons (Fsp3) is 0.227. The molecule has 148 valence electrons. The highest BCUT2D eigenvalue weighted by Crippen LogP contribution is 2.26. The maximum Gasteiger partial charge on any atom is 0.270 e. The Bertz CT molecular complexity index is 1030. The number of aryl methyl sites for hydroxylation is 1. The summed E-state index contributed by atoms with van der Waals surface area (Å²) < 4.78 is 14.6. The van der Waals surface area contributed by atoms with Crippen molar-refractivity contribution < 1.29 is 14.0 Å². The van der Waals surface area contributed by atoms with Crippen molar-refractivity contribution in [3.05, 3.63) is 65.0 Å². The molecule has 1 N–H and O–H groups in total. The van der Waals surface area contributed by atoms with Gasteiger partial charge in [0.05, 0.1) is 11.4 Å². The molecular formula is C22H20FN3O2S. The molecule has 29 heavy (non-hydrogen) atoms. The van der Waals surface area contributed by atoms with E-state index in [-0.39, 0.29) is 16.5 Å². The van der Waals surface area contributed by atoms with E-state index in [1.807, 2.05) is 24.0 Å². The number of anilines is 2. The Morgan fingerprint density at radius 3 is 2.41 bits per heavy atom. The maximum absolute atomic E-state index is 14.6. The van der Waals surface area contributed by atoms with Crippen LogP contribution in [-0.4, -0.2) is 30.0 Å². The van der Waals surface area contributed by atoms with Gasteiger partial charge in [-0.1, -0.05) is 23.8 Å². The molecule has 7 heteroatoms. The number of carbonyl (C=O) groups is 2. The first-order chi connectivity index (χ1) is 13.9. The highest BCUT2D eigenvalue weighted by molar-refractivity contribution is 7.80. The summed E-state index contributed by atoms with van der Waals surface area (Å²) in [6, 6.07) is 12.0. The predicted molar refractivity (Wildman–Crippen MR) is 115 cm³/mol. The molecule has 0 bridgehead atoms. The first-order valence-corrected chi connectivity index (χ1v) is 9.87. The third-order valence-electron chi connectivity index (χ3n) is 5.12. The van der Waals surface area contributed by atoms with Gasteiger partial charge in [0.1, 0.15) is 11.4 Å². The van der Waals surface area contributed by atoms with Gasteiger partial charge in [-0.15, -0.1) is 0 Å². The summed E-state index contributed by atoms with van der Waals surface area (Å²) in [5, 5.41) is 2.57. The molecule has 0 spiro atoms. The van der Waals surface area contributed by atoms with E-state index >= 15 is 0 Å². The van der Waals surface area contributed by atoms with Crippen LogP contribution in [0.25, 0.3) is 6.08 Å². The van der Waals surface area contributed by atoms with Crippen LogP contribution in [0.5, 0.6) is 0 Å². The van der Waals surface area contributed by atoms with E-state index in [4.69, 9.17) is 12.2 Å². The van der Waals surface area contributed by atoms with E-state index in [9.17, 15) is 14.0 Å². The van der Waals surface area contributed by atoms with Crippen molar-refractivity contribution in [3.8, 4) is 0 Å². The Morgan fingerprint density at radius 1 is 1.07 bits per heavy atom. The van der Waals surface area contributed by atoms with Crippen molar-refractivity contribution in [3.63, 3.8) is 0 Å². The standard InChI is InChI=1S/C22H20FN3O2S/c1-14-4-7-16(8-5-14)26-21(28)17(20(27)24-22(26)29)12-15-6-9-19(18(23)13-15)25-10-2-3-11-25/h4-9,12-13H,2-3,10-11H2,1H3,(H,24,27,29). The summed E-state index contributed by atoms with van der Waals surface area (Å²) in [6.07, 6.45) is 3.50. The van der Waals surface area contributed by atoms with Gasteiger partial charge in [-0.3, -0.25) is 19.8 Å². The lowest BCUT2D eigenvalue weighted by Gasteiger charge is -2.29. The quantitative estimate of drug-likeness (QED) is 0.478. The van der Waals surface area contributed by atoms with Crippen LogP contribution in [0.1, 0.15) is 24.0 Å². The third-order valence-corrected chi connectivity index (χ3v) is 5.41. The highest BCUT2D eigenvalue weighted by Gasteiger charge is 2.34. The lowest BCUT2D eigenvalue weighted by atomic mass is 10.1. The first-order valence-electron chi connectivity index (χ1n) is 9.46. The average Bonchev–Trinajstić information content (AvgIpc) is 3.21. The molecule has 0 atom stereocenters. The number of carbonyl (C=O) groups excluding carboxylic acids is 2. The molecule has 0 radical (unpaired) electrons. The van der Waals surface area contributed by atoms with Crippen LogP contribution in [-0.2, 0) is 9.59 Å². The van der Waals surface area contributed by atoms with E-state index in [1.165, 1.54) is 17.0 Å². The number of amides is 2. The SMILES string of the molecule is Cc1ccc(N2C(=O)C(=Cc3ccc(N4CCCC4)c(F)c3)C(=O)NC2=S)cc1. The molecule has 2 aliphatic heterocycles. The fourth-order valence-electron chi connectivity index (χ4n) is 3.58. The number of rotatable bonds is 3. The molecule has 2 heterocycles. The summed E-state index contributed by atoms with van der Waals surface area (Å²) in [5.41, 5.74) is 2.50. The van der Waals surface area contributed by atoms with Gasteiger partial charge in [0.15, 0.2) is 5.11 Å². The van der Waals surface area contributed by atoms with Crippen molar-refractivity contribution in [2.24, 2.45) is 0 Å². The molecule has 0 unspecified atom stereocenters. The Morgan fingerprint density at radius 2 is 1.76 bits per heavy atom. The van der Waals surface area contributed by atoms with Gasteiger partial charge < -0.3 is 4.90 Å². The molecule has 2 aromatic carbocycles. The van der Waals surface area contributed by atoms with Gasteiger partial charge in [-0.05, 0) is 67.9 Å². The average molecular weight is 409 g/mol. The van der Waals surface area contributed by atoms with Gasteiger partial charge >= 0.3 is 0 Å². The minimum absolute atomic E-state index is 0.0246. The monoisotopic (exact) mass is 409 g/mol. The smallest absolute Gasteiger partial charge is 0.270 e. The molecule has 2 saturated heterocycles. The lowest BCUT2D eigenvalue weighted by molar-refractivity contribution is -0.122. The topological polar surface area (TPSA) is 52.7 Å². The second-order valence-electron chi connectivity index (χ2n) is 7.20. The zero-order valence-electron chi connectivity index (χ0n) is 15.9.